The van der Waals surface area contributed by atoms with Gasteiger partial charge in [-0.05, 0) is 62.1 Å². The van der Waals surface area contributed by atoms with E-state index in [4.69, 9.17) is 17.2 Å². The molecule has 21 heteroatoms. The second-order valence-electron chi connectivity index (χ2n) is 17.7. The highest BCUT2D eigenvalue weighted by atomic mass is 16.2. The van der Waals surface area contributed by atoms with Gasteiger partial charge in [0, 0.05) is 32.5 Å². The number of nitrogens with zero attached hydrogens (tertiary/aromatic N) is 3. The molecule has 3 saturated heterocycles. The lowest BCUT2D eigenvalue weighted by molar-refractivity contribution is -0.148. The molecule has 0 spiro atoms. The van der Waals surface area contributed by atoms with Gasteiger partial charge in [0.25, 0.3) is 0 Å². The molecule has 3 aliphatic heterocycles. The fourth-order valence-corrected chi connectivity index (χ4v) is 8.93. The molecule has 70 heavy (non-hydrogen) atoms. The van der Waals surface area contributed by atoms with Gasteiger partial charge in [-0.2, -0.15) is 0 Å². The monoisotopic (exact) mass is 962 g/mol. The van der Waals surface area contributed by atoms with E-state index < -0.39 is 108 Å². The Morgan fingerprint density at radius 3 is 1.66 bits per heavy atom. The zero-order valence-electron chi connectivity index (χ0n) is 39.0. The van der Waals surface area contributed by atoms with E-state index in [1.807, 2.05) is 0 Å². The molecular formula is C49H62N12O9. The molecule has 3 aromatic rings. The lowest BCUT2D eigenvalue weighted by Crippen LogP contribution is -2.60. The van der Waals surface area contributed by atoms with Crippen LogP contribution in [0.2, 0.25) is 0 Å². The number of primary amides is 1. The van der Waals surface area contributed by atoms with Crippen LogP contribution in [0.5, 0.6) is 0 Å². The first-order valence-corrected chi connectivity index (χ1v) is 23.5. The second-order valence-corrected chi connectivity index (χ2v) is 17.7. The lowest BCUT2D eigenvalue weighted by atomic mass is 10.0. The average Bonchev–Trinajstić information content (AvgIpc) is 4.05. The minimum absolute atomic E-state index is 0.00144. The summed E-state index contributed by atoms with van der Waals surface area (Å²) in [6.07, 6.45) is 0.867. The molecule has 6 rings (SSSR count). The Hall–Kier alpha value is -7.84. The van der Waals surface area contributed by atoms with E-state index in [-0.39, 0.29) is 64.1 Å². The van der Waals surface area contributed by atoms with Crippen LogP contribution in [0.4, 0.5) is 0 Å². The number of guanidine groups is 1. The van der Waals surface area contributed by atoms with E-state index in [1.165, 1.54) is 16.7 Å². The molecule has 9 amide bonds. The number of aliphatic imine (C=N–C) groups is 1. The summed E-state index contributed by atoms with van der Waals surface area (Å²) in [5.74, 6) is -7.07. The number of rotatable bonds is 11. The van der Waals surface area contributed by atoms with Crippen LogP contribution in [0.3, 0.4) is 0 Å². The summed E-state index contributed by atoms with van der Waals surface area (Å²) >= 11 is 0. The molecular weight excluding hydrogens is 901 g/mol. The van der Waals surface area contributed by atoms with Crippen molar-refractivity contribution >= 4 is 59.1 Å². The van der Waals surface area contributed by atoms with Crippen molar-refractivity contribution in [2.24, 2.45) is 22.2 Å². The zero-order valence-corrected chi connectivity index (χ0v) is 39.0. The number of hydrogen-bond acceptors (Lipinski definition) is 10. The first-order valence-electron chi connectivity index (χ1n) is 23.5. The lowest BCUT2D eigenvalue weighted by Gasteiger charge is -2.33. The van der Waals surface area contributed by atoms with Crippen molar-refractivity contribution in [1.29, 1.82) is 0 Å². The Bertz CT molecular complexity index is 2400. The Morgan fingerprint density at radius 1 is 0.557 bits per heavy atom. The molecule has 0 bridgehead atoms. The predicted molar refractivity (Wildman–Crippen MR) is 256 cm³/mol. The van der Waals surface area contributed by atoms with Crippen LogP contribution in [-0.2, 0) is 56.0 Å². The van der Waals surface area contributed by atoms with Gasteiger partial charge in [-0.15, -0.1) is 0 Å². The van der Waals surface area contributed by atoms with E-state index in [2.05, 4.69) is 36.9 Å². The summed E-state index contributed by atoms with van der Waals surface area (Å²) in [5.41, 5.74) is 18.3. The quantitative estimate of drug-likeness (QED) is 0.0618. The Labute approximate surface area is 405 Å². The van der Waals surface area contributed by atoms with Crippen molar-refractivity contribution in [3.8, 4) is 0 Å². The third kappa shape index (κ3) is 13.9. The maximum atomic E-state index is 14.6. The summed E-state index contributed by atoms with van der Waals surface area (Å²) < 4.78 is 0. The Kier molecular flexibility index (Phi) is 18.0. The van der Waals surface area contributed by atoms with Gasteiger partial charge in [0.1, 0.15) is 48.3 Å². The number of carbonyl (C=O) groups is 9. The van der Waals surface area contributed by atoms with Crippen molar-refractivity contribution in [2.75, 3.05) is 19.6 Å². The molecule has 372 valence electrons. The number of nitrogens with one attached hydrogen (secondary N) is 6. The number of nitrogens with two attached hydrogens (primary N) is 3. The van der Waals surface area contributed by atoms with E-state index >= 15 is 0 Å². The summed E-state index contributed by atoms with van der Waals surface area (Å²) in [7, 11) is 0. The van der Waals surface area contributed by atoms with Crippen molar-refractivity contribution in [3.63, 3.8) is 0 Å². The fourth-order valence-electron chi connectivity index (χ4n) is 8.93. The van der Waals surface area contributed by atoms with E-state index in [1.54, 1.807) is 91.0 Å². The van der Waals surface area contributed by atoms with E-state index in [9.17, 15) is 43.2 Å². The van der Waals surface area contributed by atoms with Crippen molar-refractivity contribution < 1.29 is 43.2 Å². The standard InChI is InChI=1S/C49H62N12O9/c1-29-41(63)58-36(27-31-16-7-3-8-17-31)47(69)61-25-13-22-38(61)48(70)60-24-12-21-37(60)45(67)55-33(20-11-23-53-49(51)52)42(64)59-40(32-18-9-4-10-19-32)46(68)57-34(26-30-14-5-2-6-15-30)44(66)56-35(28-39(50)62)43(65)54-29/h2-10,14-19,29,33-38,40H,11-13,20-28H2,1H3,(H2,50,62)(H,54,65)(H,55,67)(H,56,66)(H,57,68)(H,58,63)(H,59,64)(H4,51,52,53)/t29-,33-,34-,35-,36-,37-,38+,40?/m0/s1. The molecule has 8 atom stereocenters. The van der Waals surface area contributed by atoms with Crippen LogP contribution < -0.4 is 49.1 Å². The number of benzene rings is 3. The van der Waals surface area contributed by atoms with Gasteiger partial charge < -0.3 is 58.9 Å². The topological polar surface area (TPSA) is 323 Å². The van der Waals surface area contributed by atoms with Gasteiger partial charge in [0.15, 0.2) is 5.96 Å². The first-order chi connectivity index (χ1) is 33.6. The van der Waals surface area contributed by atoms with E-state index in [0.29, 0.717) is 29.5 Å². The molecule has 3 aromatic carbocycles. The third-order valence-corrected chi connectivity index (χ3v) is 12.5. The van der Waals surface area contributed by atoms with Crippen molar-refractivity contribution in [1.82, 2.24) is 41.7 Å². The molecule has 0 aliphatic carbocycles. The summed E-state index contributed by atoms with van der Waals surface area (Å²) in [6.45, 7) is 1.83. The minimum Gasteiger partial charge on any atom is -0.370 e. The third-order valence-electron chi connectivity index (χ3n) is 12.5. The molecule has 1 unspecified atom stereocenters. The number of fused-ring (bicyclic) bond motifs is 2. The highest BCUT2D eigenvalue weighted by molar-refractivity contribution is 6.00. The van der Waals surface area contributed by atoms with Crippen molar-refractivity contribution in [2.45, 2.75) is 113 Å². The molecule has 3 fully saturated rings. The van der Waals surface area contributed by atoms with Crippen LogP contribution >= 0.6 is 0 Å². The van der Waals surface area contributed by atoms with Crippen molar-refractivity contribution in [3.05, 3.63) is 108 Å². The normalized spacial score (nSPS) is 25.4. The maximum Gasteiger partial charge on any atom is 0.247 e. The van der Waals surface area contributed by atoms with Crippen LogP contribution in [0.25, 0.3) is 0 Å². The van der Waals surface area contributed by atoms with Gasteiger partial charge in [0.05, 0.1) is 6.42 Å². The predicted octanol–water partition coefficient (Wildman–Crippen LogP) is -1.30. The number of carbonyl (C=O) groups excluding carboxylic acids is 9. The zero-order chi connectivity index (χ0) is 50.3. The van der Waals surface area contributed by atoms with Crippen LogP contribution in [0.15, 0.2) is 96.0 Å². The van der Waals surface area contributed by atoms with Crippen LogP contribution in [-0.4, -0.2) is 131 Å². The Morgan fingerprint density at radius 2 is 1.06 bits per heavy atom. The van der Waals surface area contributed by atoms with Crippen LogP contribution in [0, 0.1) is 0 Å². The smallest absolute Gasteiger partial charge is 0.247 e. The SMILES string of the molecule is C[C@@H]1NC(=O)[C@H](CC(N)=O)NC(=O)[C@H](Cc2ccccc2)NC(=O)C(c2ccccc2)NC(=O)[C@H](CCCN=C(N)N)NC(=O)[C@@H]2CCCN2C(=O)[C@H]2CCCN2C(=O)[C@H](Cc2ccccc2)NC1=O. The highest BCUT2D eigenvalue weighted by Gasteiger charge is 2.45. The molecule has 3 heterocycles. The minimum atomic E-state index is -1.64. The molecule has 3 aliphatic rings. The fraction of sp³-hybridized carbons (Fsp3) is 0.429. The summed E-state index contributed by atoms with van der Waals surface area (Å²) in [6, 6.07) is 15.3. The maximum absolute atomic E-state index is 14.6. The number of amides is 9. The van der Waals surface area contributed by atoms with Crippen LogP contribution in [0.1, 0.15) is 74.6 Å². The second kappa shape index (κ2) is 24.4. The summed E-state index contributed by atoms with van der Waals surface area (Å²) in [4.78, 5) is 134. The summed E-state index contributed by atoms with van der Waals surface area (Å²) in [5, 5.41) is 16.1. The van der Waals surface area contributed by atoms with Gasteiger partial charge >= 0.3 is 0 Å². The highest BCUT2D eigenvalue weighted by Crippen LogP contribution is 2.27. The van der Waals surface area contributed by atoms with E-state index in [0.717, 1.165) is 0 Å². The number of hydrogen-bond donors (Lipinski definition) is 9. The van der Waals surface area contributed by atoms with Gasteiger partial charge in [-0.3, -0.25) is 48.1 Å². The Balaban J connectivity index is 1.40. The van der Waals surface area contributed by atoms with Gasteiger partial charge in [-0.1, -0.05) is 91.0 Å². The molecule has 12 N–H and O–H groups in total. The molecule has 0 aromatic heterocycles. The van der Waals surface area contributed by atoms with Gasteiger partial charge in [-0.25, -0.2) is 0 Å². The first kappa shape index (κ1) is 51.5. The van der Waals surface area contributed by atoms with Gasteiger partial charge in [0.2, 0.25) is 53.2 Å². The molecule has 21 nitrogen and oxygen atoms in total. The molecule has 0 saturated carbocycles. The molecule has 0 radical (unpaired) electrons. The average molecular weight is 963 g/mol. The largest absolute Gasteiger partial charge is 0.370 e.